The van der Waals surface area contributed by atoms with Crippen LogP contribution in [0.2, 0.25) is 0 Å². The van der Waals surface area contributed by atoms with E-state index < -0.39 is 0 Å². The Morgan fingerprint density at radius 2 is 1.10 bits per heavy atom. The van der Waals surface area contributed by atoms with Gasteiger partial charge in [0.1, 0.15) is 0 Å². The zero-order chi connectivity index (χ0) is 7.98. The Kier molecular flexibility index (Phi) is 5.76. The van der Waals surface area contributed by atoms with E-state index in [4.69, 9.17) is 0 Å². The second kappa shape index (κ2) is 5.76. The fourth-order valence-electron chi connectivity index (χ4n) is 0.977. The Morgan fingerprint density at radius 1 is 0.800 bits per heavy atom. The first-order chi connectivity index (χ1) is 4.70. The van der Waals surface area contributed by atoms with Gasteiger partial charge in [0.05, 0.1) is 0 Å². The van der Waals surface area contributed by atoms with Crippen molar-refractivity contribution in [3.63, 3.8) is 0 Å². The maximum atomic E-state index is 2.35. The predicted molar refractivity (Wildman–Crippen MR) is 48.1 cm³/mol. The van der Waals surface area contributed by atoms with Crippen LogP contribution in [0.25, 0.3) is 0 Å². The molecule has 0 nitrogen and oxygen atoms in total. The lowest BCUT2D eigenvalue weighted by Gasteiger charge is -2.11. The summed E-state index contributed by atoms with van der Waals surface area (Å²) in [6.07, 6.45) is 5.53. The molecule has 0 heteroatoms. The molecule has 0 saturated carbocycles. The topological polar surface area (TPSA) is 0 Å². The molecule has 62 valence electrons. The van der Waals surface area contributed by atoms with Crippen LogP contribution in [0, 0.1) is 11.8 Å². The van der Waals surface area contributed by atoms with Gasteiger partial charge in [-0.05, 0) is 11.8 Å². The lowest BCUT2D eigenvalue weighted by atomic mass is 9.95. The average molecular weight is 142 g/mol. The molecule has 0 unspecified atom stereocenters. The third-order valence-corrected chi connectivity index (χ3v) is 2.55. The van der Waals surface area contributed by atoms with Crippen LogP contribution in [0.3, 0.4) is 0 Å². The second-order valence-corrected chi connectivity index (χ2v) is 3.60. The van der Waals surface area contributed by atoms with Gasteiger partial charge < -0.3 is 0 Å². The summed E-state index contributed by atoms with van der Waals surface area (Å²) in [6.45, 7) is 9.26. The molecule has 0 saturated heterocycles. The molecule has 0 aromatic heterocycles. The highest BCUT2D eigenvalue weighted by atomic mass is 14.1. The van der Waals surface area contributed by atoms with Gasteiger partial charge in [0, 0.05) is 0 Å². The largest absolute Gasteiger partial charge is 0.0651 e. The molecule has 0 fully saturated rings. The van der Waals surface area contributed by atoms with Gasteiger partial charge in [0.15, 0.2) is 0 Å². The lowest BCUT2D eigenvalue weighted by molar-refractivity contribution is 0.415. The van der Waals surface area contributed by atoms with Crippen molar-refractivity contribution in [1.29, 1.82) is 0 Å². The summed E-state index contributed by atoms with van der Waals surface area (Å²) in [4.78, 5) is 0. The van der Waals surface area contributed by atoms with Crippen LogP contribution in [-0.2, 0) is 0 Å². The van der Waals surface area contributed by atoms with Crippen molar-refractivity contribution >= 4 is 0 Å². The van der Waals surface area contributed by atoms with Crippen molar-refractivity contribution in [2.24, 2.45) is 11.8 Å². The molecular weight excluding hydrogens is 120 g/mol. The zero-order valence-corrected chi connectivity index (χ0v) is 7.98. The molecule has 0 bridgehead atoms. The van der Waals surface area contributed by atoms with E-state index in [2.05, 4.69) is 27.7 Å². The molecule has 0 N–H and O–H groups in total. The fourth-order valence-corrected chi connectivity index (χ4v) is 0.977. The molecule has 0 rings (SSSR count). The maximum absolute atomic E-state index is 2.35. The van der Waals surface area contributed by atoms with E-state index in [1.165, 1.54) is 25.7 Å². The number of rotatable bonds is 5. The normalized spacial score (nSPS) is 16.8. The van der Waals surface area contributed by atoms with E-state index in [1.54, 1.807) is 0 Å². The minimum Gasteiger partial charge on any atom is -0.0651 e. The summed E-state index contributed by atoms with van der Waals surface area (Å²) in [5, 5.41) is 0. The van der Waals surface area contributed by atoms with E-state index in [-0.39, 0.29) is 0 Å². The van der Waals surface area contributed by atoms with Crippen molar-refractivity contribution in [3.8, 4) is 0 Å². The van der Waals surface area contributed by atoms with Crippen molar-refractivity contribution < 1.29 is 0 Å². The first kappa shape index (κ1) is 10.0. The highest BCUT2D eigenvalue weighted by Crippen LogP contribution is 2.16. The summed E-state index contributed by atoms with van der Waals surface area (Å²) < 4.78 is 0. The van der Waals surface area contributed by atoms with Gasteiger partial charge in [-0.2, -0.15) is 0 Å². The monoisotopic (exact) mass is 142 g/mol. The van der Waals surface area contributed by atoms with E-state index in [9.17, 15) is 0 Å². The van der Waals surface area contributed by atoms with Crippen LogP contribution in [0.4, 0.5) is 0 Å². The number of hydrogen-bond acceptors (Lipinski definition) is 0. The van der Waals surface area contributed by atoms with Crippen LogP contribution >= 0.6 is 0 Å². The molecule has 0 aliphatic rings. The smallest absolute Gasteiger partial charge is 0.0445 e. The molecule has 0 aromatic rings. The van der Waals surface area contributed by atoms with Gasteiger partial charge in [-0.25, -0.2) is 0 Å². The van der Waals surface area contributed by atoms with E-state index in [0.717, 1.165) is 11.8 Å². The molecule has 0 amide bonds. The molecular formula is C10H22. The summed E-state index contributed by atoms with van der Waals surface area (Å²) in [5.74, 6) is 1.88. The quantitative estimate of drug-likeness (QED) is 0.547. The summed E-state index contributed by atoms with van der Waals surface area (Å²) in [7, 11) is 0. The Morgan fingerprint density at radius 3 is 1.30 bits per heavy atom. The Bertz CT molecular complexity index is 56.4. The average Bonchev–Trinajstić information content (AvgIpc) is 1.99. The first-order valence-electron chi connectivity index (χ1n) is 4.70. The van der Waals surface area contributed by atoms with Gasteiger partial charge in [-0.3, -0.25) is 0 Å². The van der Waals surface area contributed by atoms with Crippen molar-refractivity contribution in [3.05, 3.63) is 0 Å². The number of hydrogen-bond donors (Lipinski definition) is 0. The van der Waals surface area contributed by atoms with Gasteiger partial charge in [-0.15, -0.1) is 0 Å². The van der Waals surface area contributed by atoms with Gasteiger partial charge >= 0.3 is 0 Å². The van der Waals surface area contributed by atoms with Crippen molar-refractivity contribution in [2.45, 2.75) is 53.4 Å². The minimum atomic E-state index is 0.939. The maximum Gasteiger partial charge on any atom is -0.0445 e. The van der Waals surface area contributed by atoms with Gasteiger partial charge in [0.25, 0.3) is 0 Å². The minimum absolute atomic E-state index is 0.939. The Hall–Kier alpha value is 0. The lowest BCUT2D eigenvalue weighted by Crippen LogP contribution is -1.97. The predicted octanol–water partition coefficient (Wildman–Crippen LogP) is 3.86. The molecule has 0 aromatic carbocycles. The fraction of sp³-hybridized carbons (Fsp3) is 1.00. The molecule has 0 aliphatic carbocycles. The molecule has 2 atom stereocenters. The van der Waals surface area contributed by atoms with E-state index in [0.29, 0.717) is 0 Å². The molecule has 0 radical (unpaired) electrons. The first-order valence-corrected chi connectivity index (χ1v) is 4.70. The molecule has 10 heavy (non-hydrogen) atoms. The van der Waals surface area contributed by atoms with Gasteiger partial charge in [0.2, 0.25) is 0 Å². The molecule has 0 spiro atoms. The third-order valence-electron chi connectivity index (χ3n) is 2.55. The van der Waals surface area contributed by atoms with Crippen molar-refractivity contribution in [2.75, 3.05) is 0 Å². The second-order valence-electron chi connectivity index (χ2n) is 3.60. The standard InChI is InChI=1S/C10H22/c1-5-9(3)7-8-10(4)6-2/h9-10H,5-8H2,1-4H3/t9-,10-/m1/s1. The van der Waals surface area contributed by atoms with E-state index in [1.807, 2.05) is 0 Å². The zero-order valence-electron chi connectivity index (χ0n) is 7.98. The third kappa shape index (κ3) is 4.84. The Balaban J connectivity index is 3.17. The Labute approximate surface area is 66.0 Å². The molecule has 0 heterocycles. The van der Waals surface area contributed by atoms with Crippen molar-refractivity contribution in [1.82, 2.24) is 0 Å². The SMILES string of the molecule is CC[C@@H](C)CC[C@H](C)CC. The summed E-state index contributed by atoms with van der Waals surface area (Å²) >= 11 is 0. The summed E-state index contributed by atoms with van der Waals surface area (Å²) in [5.41, 5.74) is 0. The molecule has 0 aliphatic heterocycles. The van der Waals surface area contributed by atoms with Crippen LogP contribution in [0.1, 0.15) is 53.4 Å². The van der Waals surface area contributed by atoms with Crippen LogP contribution < -0.4 is 0 Å². The summed E-state index contributed by atoms with van der Waals surface area (Å²) in [6, 6.07) is 0. The van der Waals surface area contributed by atoms with Crippen LogP contribution in [-0.4, -0.2) is 0 Å². The highest BCUT2D eigenvalue weighted by molar-refractivity contribution is 4.54. The van der Waals surface area contributed by atoms with Gasteiger partial charge in [-0.1, -0.05) is 53.4 Å². The van der Waals surface area contributed by atoms with E-state index >= 15 is 0 Å². The van der Waals surface area contributed by atoms with Crippen LogP contribution in [0.5, 0.6) is 0 Å². The highest BCUT2D eigenvalue weighted by Gasteiger charge is 2.02. The van der Waals surface area contributed by atoms with Crippen LogP contribution in [0.15, 0.2) is 0 Å².